The smallest absolute Gasteiger partial charge is 0.273 e. The maximum Gasteiger partial charge on any atom is 0.273 e. The van der Waals surface area contributed by atoms with E-state index in [-0.39, 0.29) is 23.6 Å². The number of carbonyl (C=O) groups is 1. The van der Waals surface area contributed by atoms with E-state index in [1.807, 2.05) is 19.2 Å². The Morgan fingerprint density at radius 1 is 1.25 bits per heavy atom. The molecule has 1 atom stereocenters. The first-order valence-corrected chi connectivity index (χ1v) is 9.96. The van der Waals surface area contributed by atoms with Crippen molar-refractivity contribution in [2.75, 3.05) is 6.54 Å². The molecule has 0 fully saturated rings. The second-order valence-corrected chi connectivity index (χ2v) is 7.85. The molecule has 0 saturated heterocycles. The van der Waals surface area contributed by atoms with Gasteiger partial charge in [-0.2, -0.15) is 5.10 Å². The number of amides is 1. The molecule has 164 valence electrons. The van der Waals surface area contributed by atoms with E-state index in [9.17, 15) is 13.6 Å². The summed E-state index contributed by atoms with van der Waals surface area (Å²) in [6.07, 6.45) is 3.53. The largest absolute Gasteiger partial charge is 0.355 e. The van der Waals surface area contributed by atoms with Crippen molar-refractivity contribution < 1.29 is 18.1 Å². The monoisotopic (exact) mass is 457 g/mol. The molecule has 0 aliphatic rings. The van der Waals surface area contributed by atoms with Crippen LogP contribution in [0.3, 0.4) is 0 Å². The van der Waals surface area contributed by atoms with Crippen molar-refractivity contribution >= 4 is 17.5 Å². The number of pyridine rings is 1. The van der Waals surface area contributed by atoms with E-state index in [1.54, 1.807) is 30.1 Å². The van der Waals surface area contributed by atoms with Crippen LogP contribution >= 0.6 is 11.6 Å². The third-order valence-electron chi connectivity index (χ3n) is 5.16. The van der Waals surface area contributed by atoms with Gasteiger partial charge in [0.15, 0.2) is 11.5 Å². The summed E-state index contributed by atoms with van der Waals surface area (Å²) < 4.78 is 33.9. The average Bonchev–Trinajstić information content (AvgIpc) is 3.41. The molecule has 0 spiro atoms. The molecule has 32 heavy (non-hydrogen) atoms. The number of aromatic nitrogens is 4. The van der Waals surface area contributed by atoms with Gasteiger partial charge in [-0.3, -0.25) is 9.48 Å². The van der Waals surface area contributed by atoms with Crippen molar-refractivity contribution in [3.63, 3.8) is 0 Å². The topological polar surface area (TPSA) is 85.8 Å². The van der Waals surface area contributed by atoms with E-state index in [0.29, 0.717) is 10.8 Å². The second kappa shape index (κ2) is 8.51. The van der Waals surface area contributed by atoms with E-state index in [0.717, 1.165) is 17.7 Å². The number of halogens is 3. The molecule has 1 amide bonds. The summed E-state index contributed by atoms with van der Waals surface area (Å²) in [7, 11) is 1.79. The summed E-state index contributed by atoms with van der Waals surface area (Å²) in [6, 6.07) is 9.60. The minimum absolute atomic E-state index is 0.00118. The van der Waals surface area contributed by atoms with Gasteiger partial charge in [-0.25, -0.2) is 13.8 Å². The summed E-state index contributed by atoms with van der Waals surface area (Å²) in [5.74, 6) is -2.05. The lowest BCUT2D eigenvalue weighted by atomic mass is 9.80. The molecule has 0 aliphatic heterocycles. The fourth-order valence-corrected chi connectivity index (χ4v) is 3.47. The molecule has 10 heteroatoms. The standard InChI is InChI=1S/C22H18ClF2N5O2/c1-22(13-10-27-30(2)11-13,19-4-3-5-20(23)28-19)12-26-21(31)17-9-18(32-29-17)15-7-6-14(24)8-16(15)25/h3-11H,12H2,1-2H3,(H,26,31). The van der Waals surface area contributed by atoms with Crippen LogP contribution in [0.4, 0.5) is 8.78 Å². The first kappa shape index (κ1) is 21.6. The highest BCUT2D eigenvalue weighted by Crippen LogP contribution is 2.31. The van der Waals surface area contributed by atoms with Crippen molar-refractivity contribution in [1.82, 2.24) is 25.2 Å². The van der Waals surface area contributed by atoms with Gasteiger partial charge in [0.2, 0.25) is 0 Å². The highest BCUT2D eigenvalue weighted by Gasteiger charge is 2.33. The normalized spacial score (nSPS) is 13.0. The van der Waals surface area contributed by atoms with E-state index in [4.69, 9.17) is 16.1 Å². The summed E-state index contributed by atoms with van der Waals surface area (Å²) in [5, 5.41) is 11.1. The quantitative estimate of drug-likeness (QED) is 0.440. The zero-order valence-corrected chi connectivity index (χ0v) is 17.9. The second-order valence-electron chi connectivity index (χ2n) is 7.46. The van der Waals surface area contributed by atoms with Gasteiger partial charge in [-0.15, -0.1) is 0 Å². The Hall–Kier alpha value is -3.59. The van der Waals surface area contributed by atoms with Crippen LogP contribution in [0, 0.1) is 11.6 Å². The molecule has 3 aromatic heterocycles. The lowest BCUT2D eigenvalue weighted by molar-refractivity contribution is 0.0938. The van der Waals surface area contributed by atoms with Crippen molar-refractivity contribution in [2.45, 2.75) is 12.3 Å². The van der Waals surface area contributed by atoms with Gasteiger partial charge in [0.05, 0.1) is 22.9 Å². The number of nitrogens with zero attached hydrogens (tertiary/aromatic N) is 4. The minimum Gasteiger partial charge on any atom is -0.355 e. The Morgan fingerprint density at radius 2 is 2.06 bits per heavy atom. The van der Waals surface area contributed by atoms with Crippen LogP contribution < -0.4 is 5.32 Å². The molecule has 0 saturated carbocycles. The number of nitrogens with one attached hydrogen (secondary N) is 1. The summed E-state index contributed by atoms with van der Waals surface area (Å²) in [5.41, 5.74) is 0.680. The van der Waals surface area contributed by atoms with Gasteiger partial charge in [-0.05, 0) is 31.2 Å². The molecule has 1 aromatic carbocycles. The van der Waals surface area contributed by atoms with Gasteiger partial charge in [0, 0.05) is 37.5 Å². The molecular formula is C22H18ClF2N5O2. The summed E-state index contributed by atoms with van der Waals surface area (Å²) >= 11 is 6.09. The number of benzene rings is 1. The fourth-order valence-electron chi connectivity index (χ4n) is 3.31. The maximum atomic E-state index is 14.0. The number of carbonyl (C=O) groups excluding carboxylic acids is 1. The van der Waals surface area contributed by atoms with Gasteiger partial charge in [0.25, 0.3) is 5.91 Å². The van der Waals surface area contributed by atoms with Gasteiger partial charge < -0.3 is 9.84 Å². The fraction of sp³-hybridized carbons (Fsp3) is 0.182. The van der Waals surface area contributed by atoms with Crippen LogP contribution in [0.5, 0.6) is 0 Å². The molecule has 1 unspecified atom stereocenters. The van der Waals surface area contributed by atoms with Crippen molar-refractivity contribution in [1.29, 1.82) is 0 Å². The van der Waals surface area contributed by atoms with Crippen LogP contribution in [0.1, 0.15) is 28.7 Å². The summed E-state index contributed by atoms with van der Waals surface area (Å²) in [4.78, 5) is 17.2. The van der Waals surface area contributed by atoms with Gasteiger partial charge in [0.1, 0.15) is 16.8 Å². The predicted molar refractivity (Wildman–Crippen MR) is 113 cm³/mol. The number of hydrogen-bond donors (Lipinski definition) is 1. The molecule has 7 nitrogen and oxygen atoms in total. The first-order valence-electron chi connectivity index (χ1n) is 9.59. The van der Waals surface area contributed by atoms with Gasteiger partial charge >= 0.3 is 0 Å². The molecular weight excluding hydrogens is 440 g/mol. The molecule has 4 rings (SSSR count). The van der Waals surface area contributed by atoms with Crippen molar-refractivity contribution in [3.05, 3.63) is 88.6 Å². The average molecular weight is 458 g/mol. The Bertz CT molecular complexity index is 1290. The van der Waals surface area contributed by atoms with E-state index >= 15 is 0 Å². The number of rotatable bonds is 6. The summed E-state index contributed by atoms with van der Waals surface area (Å²) in [6.45, 7) is 2.06. The van der Waals surface area contributed by atoms with Crippen molar-refractivity contribution in [2.24, 2.45) is 7.05 Å². The Morgan fingerprint density at radius 3 is 2.75 bits per heavy atom. The number of hydrogen-bond acceptors (Lipinski definition) is 5. The highest BCUT2D eigenvalue weighted by atomic mass is 35.5. The highest BCUT2D eigenvalue weighted by molar-refractivity contribution is 6.29. The minimum atomic E-state index is -0.815. The van der Waals surface area contributed by atoms with Crippen LogP contribution in [-0.2, 0) is 12.5 Å². The van der Waals surface area contributed by atoms with Crippen LogP contribution in [0.25, 0.3) is 11.3 Å². The van der Waals surface area contributed by atoms with E-state index in [1.165, 1.54) is 12.1 Å². The maximum absolute atomic E-state index is 14.0. The zero-order valence-electron chi connectivity index (χ0n) is 17.1. The molecule has 0 radical (unpaired) electrons. The predicted octanol–water partition coefficient (Wildman–Crippen LogP) is 4.14. The lowest BCUT2D eigenvalue weighted by Gasteiger charge is -2.28. The van der Waals surface area contributed by atoms with Gasteiger partial charge in [-0.1, -0.05) is 22.8 Å². The van der Waals surface area contributed by atoms with Crippen molar-refractivity contribution in [3.8, 4) is 11.3 Å². The SMILES string of the molecule is Cn1cc(C(C)(CNC(=O)c2cc(-c3ccc(F)cc3F)on2)c2cccc(Cl)n2)cn1. The molecule has 0 aliphatic carbocycles. The molecule has 4 aromatic rings. The number of aryl methyl sites for hydroxylation is 1. The third-order valence-corrected chi connectivity index (χ3v) is 5.37. The Labute approximate surface area is 187 Å². The Balaban J connectivity index is 1.58. The van der Waals surface area contributed by atoms with Crippen LogP contribution in [-0.4, -0.2) is 32.4 Å². The Kier molecular flexibility index (Phi) is 5.75. The third kappa shape index (κ3) is 4.24. The van der Waals surface area contributed by atoms with Crippen LogP contribution in [0.15, 0.2) is 59.4 Å². The molecule has 3 heterocycles. The zero-order chi connectivity index (χ0) is 22.9. The molecule has 1 N–H and O–H groups in total. The van der Waals surface area contributed by atoms with Crippen LogP contribution in [0.2, 0.25) is 5.15 Å². The molecule has 0 bridgehead atoms. The van der Waals surface area contributed by atoms with E-state index < -0.39 is 23.0 Å². The first-order chi connectivity index (χ1) is 15.3. The van der Waals surface area contributed by atoms with E-state index in [2.05, 4.69) is 20.6 Å². The lowest BCUT2D eigenvalue weighted by Crippen LogP contribution is -2.40.